The lowest BCUT2D eigenvalue weighted by Gasteiger charge is -2.09. The summed E-state index contributed by atoms with van der Waals surface area (Å²) in [5.74, 6) is -0.184. The molecule has 4 aromatic rings. The maximum atomic E-state index is 12.3. The Balaban J connectivity index is 1.38. The van der Waals surface area contributed by atoms with E-state index in [9.17, 15) is 13.2 Å². The van der Waals surface area contributed by atoms with E-state index in [1.165, 1.54) is 7.11 Å². The molecule has 0 atom stereocenters. The summed E-state index contributed by atoms with van der Waals surface area (Å²) in [6.07, 6.45) is 3.28. The number of ether oxygens (including phenoxy) is 1. The summed E-state index contributed by atoms with van der Waals surface area (Å²) in [5, 5.41) is 7.34. The standard InChI is InChI=1S/C19H18N4O5S/c1-27-16-4-2-3-13-11-17(28-18(13)16)19(24)20-8-10-29(25,26)22-14-6-9-23-15(12-14)5-7-21-23/h2-7,9,11-12,22H,8,10H2,1H3,(H,20,24). The van der Waals surface area contributed by atoms with Gasteiger partial charge < -0.3 is 14.5 Å². The summed E-state index contributed by atoms with van der Waals surface area (Å²) in [5.41, 5.74) is 1.65. The third-order valence-electron chi connectivity index (χ3n) is 4.28. The number of methoxy groups -OCH3 is 1. The van der Waals surface area contributed by atoms with Crippen LogP contribution in [0.15, 0.2) is 59.3 Å². The zero-order chi connectivity index (χ0) is 20.4. The number of aromatic nitrogens is 2. The number of furan rings is 1. The molecule has 0 bridgehead atoms. The zero-order valence-electron chi connectivity index (χ0n) is 15.5. The third-order valence-corrected chi connectivity index (χ3v) is 5.57. The number of rotatable bonds is 7. The molecule has 3 aromatic heterocycles. The molecular weight excluding hydrogens is 396 g/mol. The molecule has 9 nitrogen and oxygen atoms in total. The highest BCUT2D eigenvalue weighted by Crippen LogP contribution is 2.28. The number of benzene rings is 1. The number of hydrogen-bond donors (Lipinski definition) is 2. The molecule has 0 saturated carbocycles. The van der Waals surface area contributed by atoms with Gasteiger partial charge in [-0.1, -0.05) is 12.1 Å². The Bertz CT molecular complexity index is 1290. The van der Waals surface area contributed by atoms with Crippen LogP contribution in [0.25, 0.3) is 16.5 Å². The van der Waals surface area contributed by atoms with Gasteiger partial charge in [-0.2, -0.15) is 5.10 Å². The average molecular weight is 414 g/mol. The first-order valence-electron chi connectivity index (χ1n) is 8.74. The predicted molar refractivity (Wildman–Crippen MR) is 108 cm³/mol. The molecule has 4 rings (SSSR count). The van der Waals surface area contributed by atoms with Crippen molar-refractivity contribution in [3.8, 4) is 5.75 Å². The number of nitrogens with zero attached hydrogens (tertiary/aromatic N) is 2. The van der Waals surface area contributed by atoms with Crippen molar-refractivity contribution in [1.29, 1.82) is 0 Å². The molecule has 3 heterocycles. The largest absolute Gasteiger partial charge is 0.493 e. The highest BCUT2D eigenvalue weighted by molar-refractivity contribution is 7.92. The minimum Gasteiger partial charge on any atom is -0.493 e. The molecular formula is C19H18N4O5S. The van der Waals surface area contributed by atoms with E-state index in [1.54, 1.807) is 59.4 Å². The molecule has 0 aliphatic heterocycles. The molecule has 10 heteroatoms. The summed E-state index contributed by atoms with van der Waals surface area (Å²) >= 11 is 0. The summed E-state index contributed by atoms with van der Waals surface area (Å²) < 4.78 is 39.5. The van der Waals surface area contributed by atoms with E-state index in [4.69, 9.17) is 9.15 Å². The van der Waals surface area contributed by atoms with Gasteiger partial charge in [0.25, 0.3) is 5.91 Å². The maximum absolute atomic E-state index is 12.3. The normalized spacial score (nSPS) is 11.6. The lowest BCUT2D eigenvalue weighted by atomic mass is 10.2. The van der Waals surface area contributed by atoms with Crippen LogP contribution in [0.1, 0.15) is 10.6 Å². The molecule has 29 heavy (non-hydrogen) atoms. The molecule has 2 N–H and O–H groups in total. The number of pyridine rings is 1. The minimum absolute atomic E-state index is 0.0721. The number of anilines is 1. The molecule has 0 saturated heterocycles. The Labute approximate surface area is 166 Å². The lowest BCUT2D eigenvalue weighted by Crippen LogP contribution is -2.31. The Morgan fingerprint density at radius 3 is 2.93 bits per heavy atom. The van der Waals surface area contributed by atoms with E-state index in [0.29, 0.717) is 17.0 Å². The van der Waals surface area contributed by atoms with Crippen LogP contribution in [-0.4, -0.2) is 43.3 Å². The van der Waals surface area contributed by atoms with Gasteiger partial charge in [-0.25, -0.2) is 12.9 Å². The fraction of sp³-hybridized carbons (Fsp3) is 0.158. The van der Waals surface area contributed by atoms with E-state index < -0.39 is 15.9 Å². The van der Waals surface area contributed by atoms with E-state index >= 15 is 0 Å². The number of para-hydroxylation sites is 1. The van der Waals surface area contributed by atoms with Crippen LogP contribution in [0, 0.1) is 0 Å². The van der Waals surface area contributed by atoms with Gasteiger partial charge in [0.2, 0.25) is 10.0 Å². The number of nitrogens with one attached hydrogen (secondary N) is 2. The Hall–Kier alpha value is -3.53. The molecule has 0 fully saturated rings. The van der Waals surface area contributed by atoms with E-state index in [1.807, 2.05) is 0 Å². The van der Waals surface area contributed by atoms with Crippen molar-refractivity contribution in [1.82, 2.24) is 14.9 Å². The fourth-order valence-electron chi connectivity index (χ4n) is 2.91. The number of hydrogen-bond acceptors (Lipinski definition) is 6. The second-order valence-electron chi connectivity index (χ2n) is 6.28. The first-order valence-corrected chi connectivity index (χ1v) is 10.4. The Morgan fingerprint density at radius 1 is 1.24 bits per heavy atom. The monoisotopic (exact) mass is 414 g/mol. The topological polar surface area (TPSA) is 115 Å². The smallest absolute Gasteiger partial charge is 0.287 e. The second kappa shape index (κ2) is 7.47. The zero-order valence-corrected chi connectivity index (χ0v) is 16.3. The van der Waals surface area contributed by atoms with Crippen LogP contribution < -0.4 is 14.8 Å². The van der Waals surface area contributed by atoms with Gasteiger partial charge in [-0.15, -0.1) is 0 Å². The third kappa shape index (κ3) is 4.02. The van der Waals surface area contributed by atoms with Gasteiger partial charge in [0, 0.05) is 24.3 Å². The number of amides is 1. The molecule has 1 amide bonds. The van der Waals surface area contributed by atoms with Crippen molar-refractivity contribution in [3.63, 3.8) is 0 Å². The van der Waals surface area contributed by atoms with Crippen molar-refractivity contribution >= 4 is 38.1 Å². The molecule has 0 radical (unpaired) electrons. The van der Waals surface area contributed by atoms with Gasteiger partial charge in [-0.3, -0.25) is 9.52 Å². The van der Waals surface area contributed by atoms with Crippen LogP contribution in [0.3, 0.4) is 0 Å². The SMILES string of the molecule is COc1cccc2cc(C(=O)NCCS(=O)(=O)Nc3ccn4nccc4c3)oc12. The number of fused-ring (bicyclic) bond motifs is 2. The van der Waals surface area contributed by atoms with Gasteiger partial charge in [0.1, 0.15) is 0 Å². The lowest BCUT2D eigenvalue weighted by molar-refractivity contribution is 0.0930. The van der Waals surface area contributed by atoms with Gasteiger partial charge in [0.15, 0.2) is 17.1 Å². The van der Waals surface area contributed by atoms with Crippen molar-refractivity contribution in [2.75, 3.05) is 24.1 Å². The van der Waals surface area contributed by atoms with Crippen LogP contribution in [0.2, 0.25) is 0 Å². The van der Waals surface area contributed by atoms with Crippen molar-refractivity contribution in [2.45, 2.75) is 0 Å². The van der Waals surface area contributed by atoms with Crippen molar-refractivity contribution in [2.24, 2.45) is 0 Å². The van der Waals surface area contributed by atoms with Gasteiger partial charge >= 0.3 is 0 Å². The summed E-state index contributed by atoms with van der Waals surface area (Å²) in [6.45, 7) is -0.0721. The summed E-state index contributed by atoms with van der Waals surface area (Å²) in [7, 11) is -2.13. The number of carbonyl (C=O) groups is 1. The second-order valence-corrected chi connectivity index (χ2v) is 8.12. The van der Waals surface area contributed by atoms with E-state index in [-0.39, 0.29) is 18.1 Å². The van der Waals surface area contributed by atoms with Crippen LogP contribution in [0.4, 0.5) is 5.69 Å². The molecule has 0 aliphatic carbocycles. The minimum atomic E-state index is -3.64. The first-order chi connectivity index (χ1) is 13.9. The summed E-state index contributed by atoms with van der Waals surface area (Å²) in [4.78, 5) is 12.3. The van der Waals surface area contributed by atoms with E-state index in [2.05, 4.69) is 15.1 Å². The maximum Gasteiger partial charge on any atom is 0.287 e. The van der Waals surface area contributed by atoms with E-state index in [0.717, 1.165) is 10.9 Å². The molecule has 1 aromatic carbocycles. The van der Waals surface area contributed by atoms with Crippen molar-refractivity contribution < 1.29 is 22.4 Å². The quantitative estimate of drug-likeness (QED) is 0.479. The Kier molecular flexibility index (Phi) is 4.85. The van der Waals surface area contributed by atoms with Crippen molar-refractivity contribution in [3.05, 3.63) is 60.6 Å². The molecule has 150 valence electrons. The molecule has 0 unspecified atom stereocenters. The Morgan fingerprint density at radius 2 is 2.10 bits per heavy atom. The van der Waals surface area contributed by atoms with Gasteiger partial charge in [0.05, 0.1) is 24.1 Å². The number of sulfonamides is 1. The van der Waals surface area contributed by atoms with Crippen LogP contribution in [0.5, 0.6) is 5.75 Å². The predicted octanol–water partition coefficient (Wildman–Crippen LogP) is 2.26. The first kappa shape index (κ1) is 18.8. The molecule has 0 aliphatic rings. The molecule has 0 spiro atoms. The number of carbonyl (C=O) groups excluding carboxylic acids is 1. The summed E-state index contributed by atoms with van der Waals surface area (Å²) in [6, 6.07) is 11.9. The van der Waals surface area contributed by atoms with Gasteiger partial charge in [-0.05, 0) is 30.3 Å². The van der Waals surface area contributed by atoms with Crippen LogP contribution >= 0.6 is 0 Å². The highest BCUT2D eigenvalue weighted by atomic mass is 32.2. The average Bonchev–Trinajstić information content (AvgIpc) is 3.33. The fourth-order valence-corrected chi connectivity index (χ4v) is 3.87. The highest BCUT2D eigenvalue weighted by Gasteiger charge is 2.16. The van der Waals surface area contributed by atoms with Crippen LogP contribution in [-0.2, 0) is 10.0 Å².